The van der Waals surface area contributed by atoms with Crippen molar-refractivity contribution < 1.29 is 4.74 Å². The number of unbranched alkanes of at least 4 members (excludes halogenated alkanes) is 1. The van der Waals surface area contributed by atoms with Gasteiger partial charge in [0, 0.05) is 0 Å². The zero-order chi connectivity index (χ0) is 13.4. The van der Waals surface area contributed by atoms with Crippen LogP contribution in [0.4, 0.5) is 0 Å². The minimum absolute atomic E-state index is 0.921. The Morgan fingerprint density at radius 3 is 2.39 bits per heavy atom. The van der Waals surface area contributed by atoms with Gasteiger partial charge < -0.3 is 4.74 Å². The fourth-order valence-electron chi connectivity index (χ4n) is 2.29. The molecule has 0 aromatic heterocycles. The average molecular weight is 246 g/mol. The van der Waals surface area contributed by atoms with E-state index in [2.05, 4.69) is 43.4 Å². The van der Waals surface area contributed by atoms with Crippen molar-refractivity contribution in [1.82, 2.24) is 0 Å². The Bertz CT molecular complexity index is 368. The van der Waals surface area contributed by atoms with E-state index in [4.69, 9.17) is 0 Å². The maximum Gasteiger partial charge on any atom is 0.0766 e. The molecule has 0 aromatic rings. The third-order valence-corrected chi connectivity index (χ3v) is 3.63. The van der Waals surface area contributed by atoms with Crippen molar-refractivity contribution in [3.8, 4) is 11.1 Å². The summed E-state index contributed by atoms with van der Waals surface area (Å²) < 4.78 is 4.31. The molecule has 2 aliphatic carbocycles. The Kier molecular flexibility index (Phi) is 6.56. The molecule has 2 rings (SSSR count). The van der Waals surface area contributed by atoms with Gasteiger partial charge in [0.05, 0.1) is 13.4 Å². The van der Waals surface area contributed by atoms with E-state index in [0.29, 0.717) is 0 Å². The molecule has 0 N–H and O–H groups in total. The molecule has 0 saturated carbocycles. The lowest BCUT2D eigenvalue weighted by Gasteiger charge is -2.24. The lowest BCUT2D eigenvalue weighted by Crippen LogP contribution is -2.08. The highest BCUT2D eigenvalue weighted by Gasteiger charge is 2.18. The summed E-state index contributed by atoms with van der Waals surface area (Å²) in [6.07, 6.45) is 8.18. The monoisotopic (exact) mass is 246 g/mol. The van der Waals surface area contributed by atoms with Gasteiger partial charge in [-0.2, -0.15) is 0 Å². The first-order chi connectivity index (χ1) is 8.76. The Balaban J connectivity index is 0.000000357. The fourth-order valence-corrected chi connectivity index (χ4v) is 2.29. The molecule has 2 aliphatic rings. The van der Waals surface area contributed by atoms with Crippen molar-refractivity contribution in [2.24, 2.45) is 5.92 Å². The molecule has 0 amide bonds. The zero-order valence-electron chi connectivity index (χ0n) is 12.0. The molecule has 0 spiro atoms. The van der Waals surface area contributed by atoms with E-state index in [-0.39, 0.29) is 0 Å². The van der Waals surface area contributed by atoms with Gasteiger partial charge in [0.25, 0.3) is 0 Å². The first kappa shape index (κ1) is 14.8. The normalized spacial score (nSPS) is 12.2. The number of ether oxygens (including phenoxy) is 1. The Labute approximate surface area is 112 Å². The highest BCUT2D eigenvalue weighted by atomic mass is 16.5. The van der Waals surface area contributed by atoms with Crippen LogP contribution in [-0.4, -0.2) is 7.11 Å². The molecule has 0 bridgehead atoms. The van der Waals surface area contributed by atoms with Crippen molar-refractivity contribution in [3.05, 3.63) is 36.6 Å². The van der Waals surface area contributed by atoms with Gasteiger partial charge in [-0.25, -0.2) is 0 Å². The molecule has 18 heavy (non-hydrogen) atoms. The third-order valence-electron chi connectivity index (χ3n) is 3.63. The van der Waals surface area contributed by atoms with E-state index in [0.717, 1.165) is 5.92 Å². The second kappa shape index (κ2) is 7.97. The lowest BCUT2D eigenvalue weighted by molar-refractivity contribution is 0.339. The van der Waals surface area contributed by atoms with E-state index < -0.39 is 0 Å². The lowest BCUT2D eigenvalue weighted by atomic mass is 9.80. The summed E-state index contributed by atoms with van der Waals surface area (Å²) in [4.78, 5) is 0. The van der Waals surface area contributed by atoms with Crippen LogP contribution >= 0.6 is 0 Å². The Morgan fingerprint density at radius 2 is 2.06 bits per heavy atom. The summed E-state index contributed by atoms with van der Waals surface area (Å²) in [5, 5.41) is 0. The number of hydrogen-bond acceptors (Lipinski definition) is 1. The highest BCUT2D eigenvalue weighted by Crippen LogP contribution is 2.38. The van der Waals surface area contributed by atoms with Gasteiger partial charge in [0.2, 0.25) is 0 Å². The van der Waals surface area contributed by atoms with Crippen LogP contribution < -0.4 is 0 Å². The first-order valence-corrected chi connectivity index (χ1v) is 7.03. The number of rotatable bonds is 7. The smallest absolute Gasteiger partial charge is 0.0766 e. The van der Waals surface area contributed by atoms with Gasteiger partial charge in [-0.05, 0) is 29.0 Å². The number of benzene rings is 1. The number of hydrogen-bond donors (Lipinski definition) is 0. The molecule has 100 valence electrons. The van der Waals surface area contributed by atoms with Gasteiger partial charge in [0.1, 0.15) is 0 Å². The van der Waals surface area contributed by atoms with Gasteiger partial charge in [-0.1, -0.05) is 64.3 Å². The summed E-state index contributed by atoms with van der Waals surface area (Å²) >= 11 is 0. The SMILES string of the molecule is C=COC.CCCCC(CC)Cc1cc2ccc1-2. The van der Waals surface area contributed by atoms with E-state index >= 15 is 0 Å². The Hall–Kier alpha value is -1.24. The summed E-state index contributed by atoms with van der Waals surface area (Å²) in [6, 6.07) is 6.84. The molecule has 0 heterocycles. The van der Waals surface area contributed by atoms with Crippen molar-refractivity contribution in [3.63, 3.8) is 0 Å². The molecule has 0 aliphatic heterocycles. The summed E-state index contributed by atoms with van der Waals surface area (Å²) in [5.41, 5.74) is 4.66. The van der Waals surface area contributed by atoms with Crippen LogP contribution in [0.15, 0.2) is 31.0 Å². The quantitative estimate of drug-likeness (QED) is 0.610. The minimum Gasteiger partial charge on any atom is -0.505 e. The van der Waals surface area contributed by atoms with Gasteiger partial charge in [-0.3, -0.25) is 0 Å². The first-order valence-electron chi connectivity index (χ1n) is 7.03. The van der Waals surface area contributed by atoms with Crippen molar-refractivity contribution in [1.29, 1.82) is 0 Å². The minimum atomic E-state index is 0.921. The molecular weight excluding hydrogens is 220 g/mol. The van der Waals surface area contributed by atoms with Crippen LogP contribution in [0.5, 0.6) is 0 Å². The van der Waals surface area contributed by atoms with Crippen LogP contribution in [0, 0.1) is 5.92 Å². The van der Waals surface area contributed by atoms with Crippen LogP contribution in [0.1, 0.15) is 45.1 Å². The fraction of sp³-hybridized carbons (Fsp3) is 0.529. The third kappa shape index (κ3) is 3.90. The predicted molar refractivity (Wildman–Crippen MR) is 79.7 cm³/mol. The second-order valence-corrected chi connectivity index (χ2v) is 4.89. The molecule has 0 radical (unpaired) electrons. The molecule has 1 unspecified atom stereocenters. The highest BCUT2D eigenvalue weighted by molar-refractivity contribution is 5.80. The van der Waals surface area contributed by atoms with Crippen LogP contribution in [0.25, 0.3) is 11.1 Å². The number of fused-ring (bicyclic) bond motifs is 1. The average Bonchev–Trinajstić information content (AvgIpc) is 2.39. The Morgan fingerprint density at radius 1 is 1.33 bits per heavy atom. The maximum atomic E-state index is 4.31. The van der Waals surface area contributed by atoms with Gasteiger partial charge in [0.15, 0.2) is 0 Å². The topological polar surface area (TPSA) is 9.23 Å². The van der Waals surface area contributed by atoms with E-state index in [9.17, 15) is 0 Å². The number of methoxy groups -OCH3 is 1. The van der Waals surface area contributed by atoms with Gasteiger partial charge in [-0.15, -0.1) is 0 Å². The standard InChI is InChI=1S/C14H20.C3H6O/c1-3-5-6-11(4-2)9-13-10-12-7-8-14(12)13;1-3-4-2/h7-8,10-11H,3-6,9H2,1-2H3;3H,1H2,2H3. The van der Waals surface area contributed by atoms with Crippen LogP contribution in [0.2, 0.25) is 0 Å². The van der Waals surface area contributed by atoms with Crippen molar-refractivity contribution in [2.45, 2.75) is 46.0 Å². The zero-order valence-corrected chi connectivity index (χ0v) is 12.0. The largest absolute Gasteiger partial charge is 0.505 e. The predicted octanol–water partition coefficient (Wildman–Crippen LogP) is 5.20. The molecule has 0 aromatic carbocycles. The van der Waals surface area contributed by atoms with E-state index in [1.54, 1.807) is 18.2 Å². The molecule has 1 nitrogen and oxygen atoms in total. The summed E-state index contributed by atoms with van der Waals surface area (Å²) in [5.74, 6) is 0.921. The summed E-state index contributed by atoms with van der Waals surface area (Å²) in [7, 11) is 1.56. The van der Waals surface area contributed by atoms with Crippen molar-refractivity contribution >= 4 is 0 Å². The summed E-state index contributed by atoms with van der Waals surface area (Å²) in [6.45, 7) is 7.86. The molecular formula is C17H26O. The molecule has 1 atom stereocenters. The molecule has 0 fully saturated rings. The van der Waals surface area contributed by atoms with Crippen molar-refractivity contribution in [2.75, 3.05) is 7.11 Å². The van der Waals surface area contributed by atoms with Crippen LogP contribution in [-0.2, 0) is 11.2 Å². The second-order valence-electron chi connectivity index (χ2n) is 4.89. The van der Waals surface area contributed by atoms with E-state index in [1.807, 2.05) is 0 Å². The molecule has 0 saturated heterocycles. The molecule has 1 heteroatoms. The maximum absolute atomic E-state index is 4.31. The van der Waals surface area contributed by atoms with Gasteiger partial charge >= 0.3 is 0 Å². The van der Waals surface area contributed by atoms with Crippen LogP contribution in [0.3, 0.4) is 0 Å². The van der Waals surface area contributed by atoms with E-state index in [1.165, 1.54) is 43.9 Å².